The van der Waals surface area contributed by atoms with E-state index in [1.807, 2.05) is 37.2 Å². The lowest BCUT2D eigenvalue weighted by Crippen LogP contribution is -2.16. The van der Waals surface area contributed by atoms with Crippen molar-refractivity contribution >= 4 is 49.1 Å². The average molecular weight is 388 g/mol. The Morgan fingerprint density at radius 2 is 1.95 bits per heavy atom. The van der Waals surface area contributed by atoms with E-state index >= 15 is 0 Å². The van der Waals surface area contributed by atoms with Gasteiger partial charge in [-0.3, -0.25) is 4.79 Å². The van der Waals surface area contributed by atoms with Gasteiger partial charge in [-0.05, 0) is 46.3 Å². The molecule has 0 saturated carbocycles. The van der Waals surface area contributed by atoms with E-state index in [9.17, 15) is 4.79 Å². The van der Waals surface area contributed by atoms with Crippen molar-refractivity contribution in [2.45, 2.75) is 0 Å². The number of carbonyl (C=O) groups is 1. The lowest BCUT2D eigenvalue weighted by atomic mass is 10.2. The van der Waals surface area contributed by atoms with Crippen LogP contribution in [0.25, 0.3) is 0 Å². The standard InChI is InChI=1S/C13H12Br2N2O2/c1-17(2)10-4-3-8(14)7-9(10)16-13(18)11-5-6-12(15)19-11/h3-7H,1-2H3,(H,16,18). The van der Waals surface area contributed by atoms with Crippen LogP contribution in [0.15, 0.2) is 43.9 Å². The van der Waals surface area contributed by atoms with Gasteiger partial charge in [-0.15, -0.1) is 0 Å². The highest BCUT2D eigenvalue weighted by atomic mass is 79.9. The van der Waals surface area contributed by atoms with Crippen LogP contribution in [-0.2, 0) is 0 Å². The van der Waals surface area contributed by atoms with E-state index in [1.165, 1.54) is 0 Å². The van der Waals surface area contributed by atoms with Crippen LogP contribution in [0.5, 0.6) is 0 Å². The molecule has 4 nitrogen and oxygen atoms in total. The van der Waals surface area contributed by atoms with Gasteiger partial charge >= 0.3 is 0 Å². The first-order valence-electron chi connectivity index (χ1n) is 5.51. The second-order valence-electron chi connectivity index (χ2n) is 4.11. The second kappa shape index (κ2) is 5.79. The van der Waals surface area contributed by atoms with Gasteiger partial charge in [-0.2, -0.15) is 0 Å². The SMILES string of the molecule is CN(C)c1ccc(Br)cc1NC(=O)c1ccc(Br)o1. The first-order chi connectivity index (χ1) is 8.97. The highest BCUT2D eigenvalue weighted by Crippen LogP contribution is 2.28. The van der Waals surface area contributed by atoms with Crippen LogP contribution in [-0.4, -0.2) is 20.0 Å². The van der Waals surface area contributed by atoms with Crippen molar-refractivity contribution in [2.75, 3.05) is 24.3 Å². The third kappa shape index (κ3) is 3.39. The summed E-state index contributed by atoms with van der Waals surface area (Å²) < 4.78 is 6.65. The van der Waals surface area contributed by atoms with E-state index in [0.29, 0.717) is 4.67 Å². The zero-order valence-electron chi connectivity index (χ0n) is 10.4. The number of furan rings is 1. The molecule has 2 rings (SSSR count). The number of nitrogens with zero attached hydrogens (tertiary/aromatic N) is 1. The molecule has 1 amide bonds. The van der Waals surface area contributed by atoms with E-state index in [-0.39, 0.29) is 11.7 Å². The molecule has 0 radical (unpaired) electrons. The molecule has 0 bridgehead atoms. The molecule has 1 N–H and O–H groups in total. The van der Waals surface area contributed by atoms with Gasteiger partial charge in [0.15, 0.2) is 10.4 Å². The zero-order chi connectivity index (χ0) is 14.0. The molecule has 1 heterocycles. The minimum atomic E-state index is -0.285. The van der Waals surface area contributed by atoms with Gasteiger partial charge in [0.1, 0.15) is 0 Å². The average Bonchev–Trinajstić information content (AvgIpc) is 2.75. The van der Waals surface area contributed by atoms with Crippen molar-refractivity contribution < 1.29 is 9.21 Å². The maximum atomic E-state index is 12.1. The molecule has 0 saturated heterocycles. The Labute approximate surface area is 128 Å². The summed E-state index contributed by atoms with van der Waals surface area (Å²) >= 11 is 6.57. The van der Waals surface area contributed by atoms with Crippen LogP contribution in [0, 0.1) is 0 Å². The number of rotatable bonds is 3. The quantitative estimate of drug-likeness (QED) is 0.861. The Morgan fingerprint density at radius 1 is 1.21 bits per heavy atom. The number of amides is 1. The number of benzene rings is 1. The Bertz CT molecular complexity index is 608. The Morgan fingerprint density at radius 3 is 2.53 bits per heavy atom. The molecular weight excluding hydrogens is 376 g/mol. The van der Waals surface area contributed by atoms with Crippen molar-refractivity contribution in [1.29, 1.82) is 0 Å². The van der Waals surface area contributed by atoms with Crippen LogP contribution in [0.3, 0.4) is 0 Å². The molecule has 0 spiro atoms. The largest absolute Gasteiger partial charge is 0.444 e. The third-order valence-corrected chi connectivity index (χ3v) is 3.41. The van der Waals surface area contributed by atoms with Gasteiger partial charge in [0.05, 0.1) is 11.4 Å². The fraction of sp³-hybridized carbons (Fsp3) is 0.154. The first-order valence-corrected chi connectivity index (χ1v) is 7.09. The van der Waals surface area contributed by atoms with Gasteiger partial charge in [0.25, 0.3) is 5.91 Å². The first kappa shape index (κ1) is 14.1. The second-order valence-corrected chi connectivity index (χ2v) is 5.81. The molecule has 19 heavy (non-hydrogen) atoms. The molecule has 0 atom stereocenters. The summed E-state index contributed by atoms with van der Waals surface area (Å²) in [5, 5.41) is 2.84. The highest BCUT2D eigenvalue weighted by molar-refractivity contribution is 9.10. The lowest BCUT2D eigenvalue weighted by Gasteiger charge is -2.17. The number of hydrogen-bond acceptors (Lipinski definition) is 3. The van der Waals surface area contributed by atoms with Gasteiger partial charge < -0.3 is 14.6 Å². The van der Waals surface area contributed by atoms with Gasteiger partial charge in [-0.1, -0.05) is 15.9 Å². The Balaban J connectivity index is 2.27. The predicted octanol–water partition coefficient (Wildman–Crippen LogP) is 4.12. The summed E-state index contributed by atoms with van der Waals surface area (Å²) in [6.07, 6.45) is 0. The van der Waals surface area contributed by atoms with Crippen molar-refractivity contribution in [2.24, 2.45) is 0 Å². The van der Waals surface area contributed by atoms with Crippen LogP contribution < -0.4 is 10.2 Å². The monoisotopic (exact) mass is 386 g/mol. The number of hydrogen-bond donors (Lipinski definition) is 1. The molecule has 6 heteroatoms. The smallest absolute Gasteiger partial charge is 0.291 e. The van der Waals surface area contributed by atoms with Crippen LogP contribution in [0.2, 0.25) is 0 Å². The fourth-order valence-electron chi connectivity index (χ4n) is 1.62. The van der Waals surface area contributed by atoms with Crippen LogP contribution in [0.4, 0.5) is 11.4 Å². The molecule has 0 aliphatic carbocycles. The molecule has 0 unspecified atom stereocenters. The van der Waals surface area contributed by atoms with Crippen molar-refractivity contribution in [3.05, 3.63) is 45.2 Å². The maximum Gasteiger partial charge on any atom is 0.291 e. The van der Waals surface area contributed by atoms with E-state index in [4.69, 9.17) is 4.42 Å². The molecule has 0 fully saturated rings. The third-order valence-electron chi connectivity index (χ3n) is 2.49. The van der Waals surface area contributed by atoms with Crippen molar-refractivity contribution in [3.63, 3.8) is 0 Å². The number of carbonyl (C=O) groups excluding carboxylic acids is 1. The van der Waals surface area contributed by atoms with E-state index in [0.717, 1.165) is 15.8 Å². The minimum absolute atomic E-state index is 0.261. The van der Waals surface area contributed by atoms with E-state index in [2.05, 4.69) is 37.2 Å². The van der Waals surface area contributed by atoms with Gasteiger partial charge in [0.2, 0.25) is 0 Å². The normalized spacial score (nSPS) is 10.3. The number of nitrogens with one attached hydrogen (secondary N) is 1. The molecule has 2 aromatic rings. The molecule has 0 aliphatic heterocycles. The molecule has 0 aliphatic rings. The van der Waals surface area contributed by atoms with E-state index < -0.39 is 0 Å². The topological polar surface area (TPSA) is 45.5 Å². The number of halogens is 2. The van der Waals surface area contributed by atoms with Crippen molar-refractivity contribution in [1.82, 2.24) is 0 Å². The molecule has 1 aromatic carbocycles. The van der Waals surface area contributed by atoms with Crippen LogP contribution in [0.1, 0.15) is 10.6 Å². The van der Waals surface area contributed by atoms with Crippen LogP contribution >= 0.6 is 31.9 Å². The van der Waals surface area contributed by atoms with Gasteiger partial charge in [0, 0.05) is 18.6 Å². The predicted molar refractivity (Wildman–Crippen MR) is 82.8 cm³/mol. The Hall–Kier alpha value is -1.27. The Kier molecular flexibility index (Phi) is 4.31. The maximum absolute atomic E-state index is 12.1. The lowest BCUT2D eigenvalue weighted by molar-refractivity contribution is 0.0995. The van der Waals surface area contributed by atoms with Gasteiger partial charge in [-0.25, -0.2) is 0 Å². The summed E-state index contributed by atoms with van der Waals surface area (Å²) in [6, 6.07) is 9.01. The summed E-state index contributed by atoms with van der Waals surface area (Å²) in [5.41, 5.74) is 1.64. The summed E-state index contributed by atoms with van der Waals surface area (Å²) in [5.74, 6) is -0.0246. The minimum Gasteiger partial charge on any atom is -0.444 e. The molecule has 1 aromatic heterocycles. The van der Waals surface area contributed by atoms with Crippen molar-refractivity contribution in [3.8, 4) is 0 Å². The van der Waals surface area contributed by atoms with E-state index in [1.54, 1.807) is 12.1 Å². The summed E-state index contributed by atoms with van der Waals surface area (Å²) in [7, 11) is 3.84. The summed E-state index contributed by atoms with van der Waals surface area (Å²) in [4.78, 5) is 14.0. The fourth-order valence-corrected chi connectivity index (χ4v) is 2.29. The molecule has 100 valence electrons. The zero-order valence-corrected chi connectivity index (χ0v) is 13.6. The summed E-state index contributed by atoms with van der Waals surface area (Å²) in [6.45, 7) is 0. The molecular formula is C13H12Br2N2O2. The highest BCUT2D eigenvalue weighted by Gasteiger charge is 2.13. The number of anilines is 2.